The van der Waals surface area contributed by atoms with Crippen molar-refractivity contribution < 1.29 is 29.1 Å². The van der Waals surface area contributed by atoms with Gasteiger partial charge in [-0.1, -0.05) is 36.4 Å². The van der Waals surface area contributed by atoms with Gasteiger partial charge in [-0.3, -0.25) is 4.79 Å². The van der Waals surface area contributed by atoms with Gasteiger partial charge < -0.3 is 29.6 Å². The Balaban J connectivity index is 1.68. The molecule has 1 atom stereocenters. The lowest BCUT2D eigenvalue weighted by atomic mass is 9.75. The van der Waals surface area contributed by atoms with Crippen LogP contribution in [0.1, 0.15) is 11.1 Å². The first kappa shape index (κ1) is 19.9. The third kappa shape index (κ3) is 4.92. The molecule has 2 aromatic carbocycles. The van der Waals surface area contributed by atoms with Gasteiger partial charge >= 0.3 is 7.12 Å². The summed E-state index contributed by atoms with van der Waals surface area (Å²) in [5.41, 5.74) is 2.12. The Morgan fingerprint density at radius 3 is 2.64 bits per heavy atom. The number of hydrogen-bond donors (Lipinski definition) is 4. The minimum atomic E-state index is -1.72. The molecule has 0 aliphatic heterocycles. The molecule has 0 unspecified atom stereocenters. The number of nitrogens with one attached hydrogen (secondary N) is 1. The van der Waals surface area contributed by atoms with Crippen LogP contribution in [0.3, 0.4) is 0 Å². The molecule has 0 saturated carbocycles. The first-order valence-corrected chi connectivity index (χ1v) is 9.00. The minimum absolute atomic E-state index is 0.0109. The van der Waals surface area contributed by atoms with E-state index in [-0.39, 0.29) is 32.0 Å². The summed E-state index contributed by atoms with van der Waals surface area (Å²) in [6, 6.07) is 14.5. The normalized spacial score (nSPS) is 12.0. The van der Waals surface area contributed by atoms with Crippen LogP contribution in [0, 0.1) is 0 Å². The first-order chi connectivity index (χ1) is 13.6. The van der Waals surface area contributed by atoms with Crippen molar-refractivity contribution in [2.45, 2.75) is 18.8 Å². The number of furan rings is 1. The molecule has 1 aromatic heterocycles. The summed E-state index contributed by atoms with van der Waals surface area (Å²) in [5, 5.41) is 31.9. The second-order valence-electron chi connectivity index (χ2n) is 6.41. The number of para-hydroxylation sites is 2. The van der Waals surface area contributed by atoms with E-state index in [1.54, 1.807) is 30.5 Å². The van der Waals surface area contributed by atoms with Crippen molar-refractivity contribution in [1.29, 1.82) is 0 Å². The standard InChI is InChI=1S/C20H22BNO6/c23-9-10-27-17-7-3-1-5-14(17)12-20(24)22-19(21(25)26)11-15-13-28-18-8-4-2-6-16(15)18/h1-8,13,19,23,25-26H,9-12H2,(H,22,24)/t19-/m0/s1. The van der Waals surface area contributed by atoms with Gasteiger partial charge in [-0.2, -0.15) is 0 Å². The summed E-state index contributed by atoms with van der Waals surface area (Å²) in [6.45, 7) is 0.00212. The molecule has 28 heavy (non-hydrogen) atoms. The Morgan fingerprint density at radius 2 is 1.86 bits per heavy atom. The summed E-state index contributed by atoms with van der Waals surface area (Å²) >= 11 is 0. The number of aliphatic hydroxyl groups excluding tert-OH is 1. The lowest BCUT2D eigenvalue weighted by Gasteiger charge is -2.18. The van der Waals surface area contributed by atoms with Crippen molar-refractivity contribution in [3.8, 4) is 5.75 Å². The van der Waals surface area contributed by atoms with Crippen LogP contribution in [0.15, 0.2) is 59.2 Å². The van der Waals surface area contributed by atoms with Crippen LogP contribution in [0.25, 0.3) is 11.0 Å². The number of ether oxygens (including phenoxy) is 1. The molecule has 0 radical (unpaired) electrons. The molecule has 146 valence electrons. The van der Waals surface area contributed by atoms with Crippen LogP contribution in [0.4, 0.5) is 0 Å². The lowest BCUT2D eigenvalue weighted by Crippen LogP contribution is -2.48. The van der Waals surface area contributed by atoms with E-state index >= 15 is 0 Å². The van der Waals surface area contributed by atoms with Crippen LogP contribution < -0.4 is 10.1 Å². The van der Waals surface area contributed by atoms with Crippen molar-refractivity contribution in [2.24, 2.45) is 0 Å². The molecule has 3 aromatic rings. The molecule has 1 amide bonds. The van der Waals surface area contributed by atoms with Crippen LogP contribution in [0.2, 0.25) is 0 Å². The smallest absolute Gasteiger partial charge is 0.475 e. The monoisotopic (exact) mass is 383 g/mol. The number of rotatable bonds is 9. The summed E-state index contributed by atoms with van der Waals surface area (Å²) in [6.07, 6.45) is 1.78. The molecule has 8 heteroatoms. The number of fused-ring (bicyclic) bond motifs is 1. The molecular formula is C20H22BNO6. The number of amides is 1. The van der Waals surface area contributed by atoms with E-state index in [9.17, 15) is 14.8 Å². The molecule has 3 rings (SSSR count). The number of carbonyl (C=O) groups is 1. The van der Waals surface area contributed by atoms with E-state index in [1.807, 2.05) is 24.3 Å². The van der Waals surface area contributed by atoms with Gasteiger partial charge in [0, 0.05) is 10.9 Å². The SMILES string of the molecule is O=C(Cc1ccccc1OCCO)N[C@@H](Cc1coc2ccccc12)B(O)O. The predicted molar refractivity (Wildman–Crippen MR) is 105 cm³/mol. The molecule has 0 fully saturated rings. The molecule has 0 aliphatic carbocycles. The van der Waals surface area contributed by atoms with Crippen LogP contribution in [-0.2, 0) is 17.6 Å². The molecule has 0 saturated heterocycles. The third-order valence-corrected chi connectivity index (χ3v) is 4.38. The first-order valence-electron chi connectivity index (χ1n) is 9.00. The summed E-state index contributed by atoms with van der Waals surface area (Å²) in [4.78, 5) is 12.5. The topological polar surface area (TPSA) is 112 Å². The fourth-order valence-electron chi connectivity index (χ4n) is 3.04. The van der Waals surface area contributed by atoms with Crippen molar-refractivity contribution in [2.75, 3.05) is 13.2 Å². The van der Waals surface area contributed by atoms with E-state index < -0.39 is 13.1 Å². The zero-order chi connectivity index (χ0) is 19.9. The highest BCUT2D eigenvalue weighted by Crippen LogP contribution is 2.22. The summed E-state index contributed by atoms with van der Waals surface area (Å²) in [7, 11) is -1.72. The number of aliphatic hydroxyl groups is 1. The minimum Gasteiger partial charge on any atom is -0.491 e. The molecule has 0 spiro atoms. The molecule has 4 N–H and O–H groups in total. The molecular weight excluding hydrogens is 361 g/mol. The zero-order valence-electron chi connectivity index (χ0n) is 15.2. The van der Waals surface area contributed by atoms with Gasteiger partial charge in [-0.15, -0.1) is 0 Å². The van der Waals surface area contributed by atoms with E-state index in [0.717, 1.165) is 10.9 Å². The van der Waals surface area contributed by atoms with Gasteiger partial charge in [-0.05, 0) is 24.1 Å². The van der Waals surface area contributed by atoms with Crippen molar-refractivity contribution in [1.82, 2.24) is 5.32 Å². The van der Waals surface area contributed by atoms with Crippen LogP contribution >= 0.6 is 0 Å². The Morgan fingerprint density at radius 1 is 1.11 bits per heavy atom. The third-order valence-electron chi connectivity index (χ3n) is 4.38. The molecule has 7 nitrogen and oxygen atoms in total. The quantitative estimate of drug-likeness (QED) is 0.412. The Kier molecular flexibility index (Phi) is 6.70. The van der Waals surface area contributed by atoms with E-state index in [2.05, 4.69) is 5.32 Å². The van der Waals surface area contributed by atoms with E-state index in [1.165, 1.54) is 0 Å². The maximum atomic E-state index is 12.5. The number of benzene rings is 2. The maximum absolute atomic E-state index is 12.5. The van der Waals surface area contributed by atoms with Gasteiger partial charge in [0.15, 0.2) is 0 Å². The van der Waals surface area contributed by atoms with Gasteiger partial charge in [0.05, 0.1) is 25.2 Å². The van der Waals surface area contributed by atoms with Crippen molar-refractivity contribution in [3.05, 3.63) is 65.9 Å². The van der Waals surface area contributed by atoms with Crippen molar-refractivity contribution in [3.63, 3.8) is 0 Å². The largest absolute Gasteiger partial charge is 0.491 e. The van der Waals surface area contributed by atoms with E-state index in [4.69, 9.17) is 14.3 Å². The predicted octanol–water partition coefficient (Wildman–Crippen LogP) is 1.09. The second-order valence-corrected chi connectivity index (χ2v) is 6.41. The molecule has 0 bridgehead atoms. The van der Waals surface area contributed by atoms with Gasteiger partial charge in [0.25, 0.3) is 0 Å². The zero-order valence-corrected chi connectivity index (χ0v) is 15.2. The van der Waals surface area contributed by atoms with E-state index in [0.29, 0.717) is 16.9 Å². The Bertz CT molecular complexity index is 926. The Hall–Kier alpha value is -2.81. The highest BCUT2D eigenvalue weighted by molar-refractivity contribution is 6.43. The van der Waals surface area contributed by atoms with Gasteiger partial charge in [0.1, 0.15) is 17.9 Å². The highest BCUT2D eigenvalue weighted by Gasteiger charge is 2.27. The average Bonchev–Trinajstić information content (AvgIpc) is 3.10. The fourth-order valence-corrected chi connectivity index (χ4v) is 3.04. The molecule has 1 heterocycles. The highest BCUT2D eigenvalue weighted by atomic mass is 16.5. The van der Waals surface area contributed by atoms with Crippen LogP contribution in [-0.4, -0.2) is 47.3 Å². The maximum Gasteiger partial charge on any atom is 0.475 e. The lowest BCUT2D eigenvalue weighted by molar-refractivity contribution is -0.120. The number of carbonyl (C=O) groups excluding carboxylic acids is 1. The van der Waals surface area contributed by atoms with Crippen molar-refractivity contribution >= 4 is 24.0 Å². The van der Waals surface area contributed by atoms with Gasteiger partial charge in [-0.25, -0.2) is 0 Å². The fraction of sp³-hybridized carbons (Fsp3) is 0.250. The van der Waals surface area contributed by atoms with Gasteiger partial charge in [0.2, 0.25) is 5.91 Å². The summed E-state index contributed by atoms with van der Waals surface area (Å²) < 4.78 is 10.9. The van der Waals surface area contributed by atoms with Crippen LogP contribution in [0.5, 0.6) is 5.75 Å². The second kappa shape index (κ2) is 9.41. The summed E-state index contributed by atoms with van der Waals surface area (Å²) in [5.74, 6) is -0.751. The Labute approximate surface area is 162 Å². The molecule has 0 aliphatic rings. The average molecular weight is 383 g/mol. The number of hydrogen-bond acceptors (Lipinski definition) is 6.